The Hall–Kier alpha value is -1.71. The van der Waals surface area contributed by atoms with Crippen molar-refractivity contribution in [3.8, 4) is 17.2 Å². The van der Waals surface area contributed by atoms with Gasteiger partial charge in [0.15, 0.2) is 11.5 Å². The maximum atomic E-state index is 10.2. The minimum Gasteiger partial charge on any atom is -0.496 e. The smallest absolute Gasteiger partial charge is 0.298 e. The second-order valence-electron chi connectivity index (χ2n) is 2.64. The van der Waals surface area contributed by atoms with E-state index in [9.17, 15) is 4.79 Å². The summed E-state index contributed by atoms with van der Waals surface area (Å²) in [7, 11) is 3.08. The van der Waals surface area contributed by atoms with Gasteiger partial charge < -0.3 is 14.2 Å². The van der Waals surface area contributed by atoms with Gasteiger partial charge in [-0.3, -0.25) is 4.79 Å². The van der Waals surface area contributed by atoms with Crippen LogP contribution >= 0.6 is 0 Å². The van der Waals surface area contributed by atoms with Crippen molar-refractivity contribution in [3.05, 3.63) is 17.7 Å². The van der Waals surface area contributed by atoms with E-state index in [1.165, 1.54) is 7.11 Å². The lowest BCUT2D eigenvalue weighted by molar-refractivity contribution is -0.120. The van der Waals surface area contributed by atoms with E-state index in [1.54, 1.807) is 19.2 Å². The third-order valence-electron chi connectivity index (χ3n) is 1.92. The number of methoxy groups -OCH3 is 2. The molecule has 0 heterocycles. The van der Waals surface area contributed by atoms with Crippen LogP contribution in [0.15, 0.2) is 12.1 Å². The van der Waals surface area contributed by atoms with Gasteiger partial charge in [0.1, 0.15) is 5.75 Å². The van der Waals surface area contributed by atoms with Gasteiger partial charge in [0.25, 0.3) is 6.47 Å². The average molecular weight is 196 g/mol. The molecule has 0 aliphatic carbocycles. The first-order valence-electron chi connectivity index (χ1n) is 4.06. The van der Waals surface area contributed by atoms with Crippen LogP contribution in [0, 0.1) is 6.92 Å². The molecule has 0 amide bonds. The maximum Gasteiger partial charge on any atom is 0.298 e. The van der Waals surface area contributed by atoms with Crippen LogP contribution in [0.25, 0.3) is 0 Å². The monoisotopic (exact) mass is 196 g/mol. The highest BCUT2D eigenvalue weighted by Crippen LogP contribution is 2.36. The maximum absolute atomic E-state index is 10.2. The fourth-order valence-electron chi connectivity index (χ4n) is 1.27. The van der Waals surface area contributed by atoms with Gasteiger partial charge in [-0.15, -0.1) is 0 Å². The van der Waals surface area contributed by atoms with Gasteiger partial charge in [0.05, 0.1) is 14.2 Å². The molecule has 0 N–H and O–H groups in total. The molecule has 1 aromatic rings. The summed E-state index contributed by atoms with van der Waals surface area (Å²) in [6, 6.07) is 3.34. The lowest BCUT2D eigenvalue weighted by atomic mass is 10.2. The number of ether oxygens (including phenoxy) is 3. The molecule has 0 bridgehead atoms. The largest absolute Gasteiger partial charge is 0.496 e. The molecule has 0 saturated carbocycles. The number of carbonyl (C=O) groups excluding carboxylic acids is 1. The summed E-state index contributed by atoms with van der Waals surface area (Å²) in [6.45, 7) is 2.19. The molecule has 0 radical (unpaired) electrons. The third kappa shape index (κ3) is 1.79. The minimum atomic E-state index is 0.365. The van der Waals surface area contributed by atoms with Crippen molar-refractivity contribution in [2.75, 3.05) is 14.2 Å². The molecule has 0 atom stereocenters. The van der Waals surface area contributed by atoms with E-state index in [0.29, 0.717) is 23.7 Å². The predicted molar refractivity (Wildman–Crippen MR) is 51.0 cm³/mol. The quantitative estimate of drug-likeness (QED) is 0.685. The number of hydrogen-bond donors (Lipinski definition) is 0. The first-order chi connectivity index (χ1) is 6.74. The fourth-order valence-corrected chi connectivity index (χ4v) is 1.27. The van der Waals surface area contributed by atoms with Crippen LogP contribution in [0.4, 0.5) is 0 Å². The van der Waals surface area contributed by atoms with Crippen molar-refractivity contribution in [3.63, 3.8) is 0 Å². The van der Waals surface area contributed by atoms with Crippen LogP contribution in [-0.4, -0.2) is 20.7 Å². The molecule has 0 spiro atoms. The molecule has 4 nitrogen and oxygen atoms in total. The Morgan fingerprint density at radius 1 is 1.14 bits per heavy atom. The van der Waals surface area contributed by atoms with Gasteiger partial charge in [-0.05, 0) is 19.1 Å². The summed E-state index contributed by atoms with van der Waals surface area (Å²) in [5, 5.41) is 0. The van der Waals surface area contributed by atoms with Crippen molar-refractivity contribution in [1.82, 2.24) is 0 Å². The van der Waals surface area contributed by atoms with Crippen molar-refractivity contribution < 1.29 is 19.0 Å². The Labute approximate surface area is 82.4 Å². The zero-order valence-corrected chi connectivity index (χ0v) is 8.37. The lowest BCUT2D eigenvalue weighted by Gasteiger charge is -2.12. The van der Waals surface area contributed by atoms with Gasteiger partial charge in [-0.2, -0.15) is 0 Å². The van der Waals surface area contributed by atoms with E-state index in [-0.39, 0.29) is 0 Å². The van der Waals surface area contributed by atoms with E-state index in [4.69, 9.17) is 14.2 Å². The summed E-state index contributed by atoms with van der Waals surface area (Å²) >= 11 is 0. The highest BCUT2D eigenvalue weighted by atomic mass is 16.5. The molecule has 0 unspecified atom stereocenters. The molecule has 1 aromatic carbocycles. The van der Waals surface area contributed by atoms with Gasteiger partial charge in [0.2, 0.25) is 0 Å². The minimum absolute atomic E-state index is 0.365. The molecule has 0 aliphatic rings. The molecule has 4 heteroatoms. The van der Waals surface area contributed by atoms with Crippen LogP contribution in [-0.2, 0) is 4.79 Å². The summed E-state index contributed by atoms with van der Waals surface area (Å²) < 4.78 is 15.0. The number of carbonyl (C=O) groups is 1. The van der Waals surface area contributed by atoms with Gasteiger partial charge in [-0.1, -0.05) is 0 Å². The van der Waals surface area contributed by atoms with Gasteiger partial charge >= 0.3 is 0 Å². The number of benzene rings is 1. The highest BCUT2D eigenvalue weighted by molar-refractivity contribution is 5.57. The second-order valence-corrected chi connectivity index (χ2v) is 2.64. The Morgan fingerprint density at radius 3 is 2.29 bits per heavy atom. The fraction of sp³-hybridized carbons (Fsp3) is 0.300. The molecule has 0 aliphatic heterocycles. The highest BCUT2D eigenvalue weighted by Gasteiger charge is 2.11. The molecule has 1 rings (SSSR count). The topological polar surface area (TPSA) is 44.8 Å². The normalized spacial score (nSPS) is 9.36. The summed E-state index contributed by atoms with van der Waals surface area (Å²) in [5.41, 5.74) is 0.800. The van der Waals surface area contributed by atoms with Crippen molar-refractivity contribution in [2.45, 2.75) is 6.92 Å². The van der Waals surface area contributed by atoms with E-state index in [2.05, 4.69) is 0 Å². The zero-order chi connectivity index (χ0) is 10.6. The first kappa shape index (κ1) is 10.4. The van der Waals surface area contributed by atoms with Gasteiger partial charge in [0, 0.05) is 5.56 Å². The van der Waals surface area contributed by atoms with E-state index in [0.717, 1.165) is 5.56 Å². The van der Waals surface area contributed by atoms with Crippen molar-refractivity contribution in [1.29, 1.82) is 0 Å². The molecular formula is C10H12O4. The Morgan fingerprint density at radius 2 is 1.79 bits per heavy atom. The molecule has 76 valence electrons. The lowest BCUT2D eigenvalue weighted by Crippen LogP contribution is -1.97. The molecule has 0 aromatic heterocycles. The molecule has 0 saturated heterocycles. The average Bonchev–Trinajstić information content (AvgIpc) is 2.19. The van der Waals surface area contributed by atoms with Crippen LogP contribution in [0.3, 0.4) is 0 Å². The zero-order valence-electron chi connectivity index (χ0n) is 8.37. The van der Waals surface area contributed by atoms with E-state index in [1.807, 2.05) is 6.92 Å². The number of hydrogen-bond acceptors (Lipinski definition) is 4. The van der Waals surface area contributed by atoms with Crippen LogP contribution < -0.4 is 14.2 Å². The van der Waals surface area contributed by atoms with E-state index >= 15 is 0 Å². The Balaban J connectivity index is 3.20. The molecular weight excluding hydrogens is 184 g/mol. The second kappa shape index (κ2) is 4.50. The van der Waals surface area contributed by atoms with Crippen LogP contribution in [0.1, 0.15) is 5.56 Å². The first-order valence-corrected chi connectivity index (χ1v) is 4.06. The van der Waals surface area contributed by atoms with Crippen LogP contribution in [0.2, 0.25) is 0 Å². The summed E-state index contributed by atoms with van der Waals surface area (Å²) in [5.74, 6) is 1.59. The SMILES string of the molecule is COc1ccc(OC=O)c(OC)c1C. The van der Waals surface area contributed by atoms with Crippen LogP contribution in [0.5, 0.6) is 17.2 Å². The van der Waals surface area contributed by atoms with Crippen molar-refractivity contribution in [2.24, 2.45) is 0 Å². The van der Waals surface area contributed by atoms with E-state index < -0.39 is 0 Å². The standard InChI is InChI=1S/C10H12O4/c1-7-8(12-2)4-5-9(14-6-11)10(7)13-3/h4-6H,1-3H3. The third-order valence-corrected chi connectivity index (χ3v) is 1.92. The van der Waals surface area contributed by atoms with Crippen molar-refractivity contribution >= 4 is 6.47 Å². The van der Waals surface area contributed by atoms with Gasteiger partial charge in [-0.25, -0.2) is 0 Å². The number of rotatable bonds is 4. The summed E-state index contributed by atoms with van der Waals surface area (Å²) in [4.78, 5) is 10.2. The summed E-state index contributed by atoms with van der Waals surface area (Å²) in [6.07, 6.45) is 0. The Bertz CT molecular complexity index is 333. The Kier molecular flexibility index (Phi) is 3.34. The predicted octanol–water partition coefficient (Wildman–Crippen LogP) is 1.55. The molecule has 14 heavy (non-hydrogen) atoms. The molecule has 0 fully saturated rings.